The second-order valence-corrected chi connectivity index (χ2v) is 4.39. The predicted molar refractivity (Wildman–Crippen MR) is 68.5 cm³/mol. The van der Waals surface area contributed by atoms with Gasteiger partial charge in [-0.05, 0) is 26.8 Å². The van der Waals surface area contributed by atoms with Crippen molar-refractivity contribution in [1.82, 2.24) is 14.9 Å². The topological polar surface area (TPSA) is 50.2 Å². The summed E-state index contributed by atoms with van der Waals surface area (Å²) in [4.78, 5) is 18.4. The van der Waals surface area contributed by atoms with Crippen molar-refractivity contribution >= 4 is 5.82 Å². The van der Waals surface area contributed by atoms with Crippen LogP contribution in [-0.2, 0) is 6.54 Å². The summed E-state index contributed by atoms with van der Waals surface area (Å²) in [7, 11) is 1.99. The predicted octanol–water partition coefficient (Wildman–Crippen LogP) is 0.451. The minimum Gasteiger partial charge on any atom is -0.352 e. The lowest BCUT2D eigenvalue weighted by atomic mass is 10.1. The standard InChI is InChI=1S/C12H20N4O/c1-3-15-9-6-14-11(12(15)17)16-7-4-10(13-2)5-8-16/h6,9-10,13H,3-5,7-8H2,1-2H3. The van der Waals surface area contributed by atoms with Gasteiger partial charge < -0.3 is 14.8 Å². The van der Waals surface area contributed by atoms with Crippen molar-refractivity contribution in [1.29, 1.82) is 0 Å². The number of rotatable bonds is 3. The van der Waals surface area contributed by atoms with E-state index >= 15 is 0 Å². The third-order valence-electron chi connectivity index (χ3n) is 3.44. The Morgan fingerprint density at radius 3 is 2.76 bits per heavy atom. The molecule has 0 amide bonds. The summed E-state index contributed by atoms with van der Waals surface area (Å²) in [6, 6.07) is 0.573. The van der Waals surface area contributed by atoms with Gasteiger partial charge in [0.1, 0.15) is 0 Å². The Hall–Kier alpha value is -1.36. The molecule has 1 fully saturated rings. The zero-order valence-corrected chi connectivity index (χ0v) is 10.5. The fraction of sp³-hybridized carbons (Fsp3) is 0.667. The fourth-order valence-electron chi connectivity index (χ4n) is 2.28. The second kappa shape index (κ2) is 5.31. The summed E-state index contributed by atoms with van der Waals surface area (Å²) in [5.41, 5.74) is 0.0258. The molecule has 0 atom stereocenters. The Bertz CT molecular complexity index is 421. The van der Waals surface area contributed by atoms with Gasteiger partial charge in [0.25, 0.3) is 5.56 Å². The number of hydrogen-bond donors (Lipinski definition) is 1. The minimum absolute atomic E-state index is 0.0258. The molecule has 1 aromatic heterocycles. The van der Waals surface area contributed by atoms with Crippen molar-refractivity contribution in [3.8, 4) is 0 Å². The summed E-state index contributed by atoms with van der Waals surface area (Å²) < 4.78 is 1.70. The summed E-state index contributed by atoms with van der Waals surface area (Å²) in [6.07, 6.45) is 5.59. The van der Waals surface area contributed by atoms with Crippen molar-refractivity contribution in [2.45, 2.75) is 32.4 Å². The van der Waals surface area contributed by atoms with Gasteiger partial charge in [0, 0.05) is 38.1 Å². The maximum absolute atomic E-state index is 12.1. The quantitative estimate of drug-likeness (QED) is 0.828. The molecule has 2 rings (SSSR count). The van der Waals surface area contributed by atoms with E-state index in [4.69, 9.17) is 0 Å². The molecule has 2 heterocycles. The van der Waals surface area contributed by atoms with Crippen LogP contribution in [0.25, 0.3) is 0 Å². The highest BCUT2D eigenvalue weighted by Gasteiger charge is 2.20. The number of nitrogens with one attached hydrogen (secondary N) is 1. The number of piperidine rings is 1. The molecule has 17 heavy (non-hydrogen) atoms. The molecule has 0 spiro atoms. The molecule has 5 heteroatoms. The average molecular weight is 236 g/mol. The Morgan fingerprint density at radius 2 is 2.18 bits per heavy atom. The van der Waals surface area contributed by atoms with Crippen molar-refractivity contribution in [3.05, 3.63) is 22.7 Å². The van der Waals surface area contributed by atoms with E-state index in [1.165, 1.54) is 0 Å². The Kier molecular flexibility index (Phi) is 3.78. The first-order valence-electron chi connectivity index (χ1n) is 6.24. The smallest absolute Gasteiger partial charge is 0.293 e. The zero-order valence-electron chi connectivity index (χ0n) is 10.5. The number of nitrogens with zero attached hydrogens (tertiary/aromatic N) is 3. The lowest BCUT2D eigenvalue weighted by molar-refractivity contribution is 0.439. The molecule has 94 valence electrons. The Morgan fingerprint density at radius 1 is 1.47 bits per heavy atom. The molecule has 1 aliphatic rings. The lowest BCUT2D eigenvalue weighted by Crippen LogP contribution is -2.44. The van der Waals surface area contributed by atoms with Crippen molar-refractivity contribution in [2.75, 3.05) is 25.0 Å². The maximum Gasteiger partial charge on any atom is 0.293 e. The monoisotopic (exact) mass is 236 g/mol. The molecule has 0 unspecified atom stereocenters. The van der Waals surface area contributed by atoms with E-state index in [0.29, 0.717) is 18.4 Å². The Balaban J connectivity index is 2.16. The van der Waals surface area contributed by atoms with Crippen LogP contribution in [0.15, 0.2) is 17.2 Å². The van der Waals surface area contributed by atoms with Crippen LogP contribution in [0.2, 0.25) is 0 Å². The average Bonchev–Trinajstić information content (AvgIpc) is 2.39. The third kappa shape index (κ3) is 2.49. The van der Waals surface area contributed by atoms with E-state index < -0.39 is 0 Å². The van der Waals surface area contributed by atoms with E-state index in [1.807, 2.05) is 14.0 Å². The van der Waals surface area contributed by atoms with Gasteiger partial charge in [-0.2, -0.15) is 0 Å². The summed E-state index contributed by atoms with van der Waals surface area (Å²) in [6.45, 7) is 4.47. The highest BCUT2D eigenvalue weighted by Crippen LogP contribution is 2.14. The number of anilines is 1. The highest BCUT2D eigenvalue weighted by molar-refractivity contribution is 5.36. The van der Waals surface area contributed by atoms with Gasteiger partial charge in [-0.15, -0.1) is 0 Å². The second-order valence-electron chi connectivity index (χ2n) is 4.39. The van der Waals surface area contributed by atoms with Crippen LogP contribution in [0, 0.1) is 0 Å². The molecule has 0 bridgehead atoms. The number of aromatic nitrogens is 2. The molecule has 1 aromatic rings. The fourth-order valence-corrected chi connectivity index (χ4v) is 2.28. The lowest BCUT2D eigenvalue weighted by Gasteiger charge is -2.32. The van der Waals surface area contributed by atoms with Gasteiger partial charge in [-0.3, -0.25) is 4.79 Å². The summed E-state index contributed by atoms with van der Waals surface area (Å²) >= 11 is 0. The van der Waals surface area contributed by atoms with Gasteiger partial charge in [-0.1, -0.05) is 0 Å². The molecule has 5 nitrogen and oxygen atoms in total. The van der Waals surface area contributed by atoms with Crippen LogP contribution in [-0.4, -0.2) is 35.7 Å². The number of hydrogen-bond acceptors (Lipinski definition) is 4. The van der Waals surface area contributed by atoms with E-state index in [-0.39, 0.29) is 5.56 Å². The minimum atomic E-state index is 0.0258. The molecule has 1 N–H and O–H groups in total. The molecule has 1 aliphatic heterocycles. The SMILES string of the molecule is CCn1ccnc(N2CCC(NC)CC2)c1=O. The van der Waals surface area contributed by atoms with Crippen LogP contribution in [0.1, 0.15) is 19.8 Å². The molecular weight excluding hydrogens is 216 g/mol. The molecule has 0 aromatic carbocycles. The third-order valence-corrected chi connectivity index (χ3v) is 3.44. The van der Waals surface area contributed by atoms with Crippen LogP contribution in [0.4, 0.5) is 5.82 Å². The molecule has 0 radical (unpaired) electrons. The summed E-state index contributed by atoms with van der Waals surface area (Å²) in [5, 5.41) is 3.28. The van der Waals surface area contributed by atoms with Crippen molar-refractivity contribution in [3.63, 3.8) is 0 Å². The van der Waals surface area contributed by atoms with Crippen LogP contribution >= 0.6 is 0 Å². The molecular formula is C12H20N4O. The van der Waals surface area contributed by atoms with Crippen molar-refractivity contribution in [2.24, 2.45) is 0 Å². The molecule has 1 saturated heterocycles. The van der Waals surface area contributed by atoms with E-state index in [9.17, 15) is 4.79 Å². The van der Waals surface area contributed by atoms with Crippen LogP contribution in [0.5, 0.6) is 0 Å². The van der Waals surface area contributed by atoms with Gasteiger partial charge in [0.2, 0.25) is 0 Å². The first-order chi connectivity index (χ1) is 8.26. The van der Waals surface area contributed by atoms with Gasteiger partial charge in [-0.25, -0.2) is 4.98 Å². The molecule has 0 aliphatic carbocycles. The first kappa shape index (κ1) is 12.1. The summed E-state index contributed by atoms with van der Waals surface area (Å²) in [5.74, 6) is 0.601. The van der Waals surface area contributed by atoms with Crippen molar-refractivity contribution < 1.29 is 0 Å². The van der Waals surface area contributed by atoms with Gasteiger partial charge >= 0.3 is 0 Å². The maximum atomic E-state index is 12.1. The normalized spacial score (nSPS) is 17.4. The zero-order chi connectivity index (χ0) is 12.3. The largest absolute Gasteiger partial charge is 0.352 e. The van der Waals surface area contributed by atoms with E-state index in [2.05, 4.69) is 15.2 Å². The number of aryl methyl sites for hydroxylation is 1. The Labute approximate surface area is 101 Å². The highest BCUT2D eigenvalue weighted by atomic mass is 16.1. The first-order valence-corrected chi connectivity index (χ1v) is 6.24. The molecule has 0 saturated carbocycles. The van der Waals surface area contributed by atoms with E-state index in [0.717, 1.165) is 25.9 Å². The van der Waals surface area contributed by atoms with E-state index in [1.54, 1.807) is 17.0 Å². The van der Waals surface area contributed by atoms with Gasteiger partial charge in [0.15, 0.2) is 5.82 Å². The van der Waals surface area contributed by atoms with Crippen LogP contribution < -0.4 is 15.8 Å². The van der Waals surface area contributed by atoms with Gasteiger partial charge in [0.05, 0.1) is 0 Å². The van der Waals surface area contributed by atoms with Crippen LogP contribution in [0.3, 0.4) is 0 Å².